The normalized spacial score (nSPS) is 12.8. The monoisotopic (exact) mass is 345 g/mol. The molecule has 1 aromatic heterocycles. The Bertz CT molecular complexity index is 748. The van der Waals surface area contributed by atoms with Gasteiger partial charge in [-0.15, -0.1) is 11.3 Å². The summed E-state index contributed by atoms with van der Waals surface area (Å²) >= 11 is 5.32. The van der Waals surface area contributed by atoms with Crippen LogP contribution in [-0.2, 0) is 0 Å². The molecule has 0 aliphatic heterocycles. The number of hydrogen-bond acceptors (Lipinski definition) is 2. The molecule has 1 N–H and O–H groups in total. The van der Waals surface area contributed by atoms with E-state index in [0.717, 1.165) is 4.47 Å². The lowest BCUT2D eigenvalue weighted by Gasteiger charge is -2.16. The first-order chi connectivity index (χ1) is 9.67. The lowest BCUT2D eigenvalue weighted by atomic mass is 9.98. The lowest BCUT2D eigenvalue weighted by molar-refractivity contribution is 0.695. The van der Waals surface area contributed by atoms with Crippen molar-refractivity contribution < 1.29 is 0 Å². The van der Waals surface area contributed by atoms with Crippen molar-refractivity contribution in [1.82, 2.24) is 5.32 Å². The zero-order chi connectivity index (χ0) is 14.1. The highest BCUT2D eigenvalue weighted by Gasteiger charge is 2.13. The second-order valence-corrected chi connectivity index (χ2v) is 6.99. The predicted molar refractivity (Wildman–Crippen MR) is 91.6 cm³/mol. The standard InChI is InChI=1S/C17H16BrNS/c1-11-7-15(10-20-11)17(19-2)14-4-3-13-9-16(18)6-5-12(13)8-14/h3-10,17,19H,1-2H3. The van der Waals surface area contributed by atoms with Gasteiger partial charge in [0.15, 0.2) is 0 Å². The van der Waals surface area contributed by atoms with Crippen LogP contribution in [0.15, 0.2) is 52.3 Å². The molecule has 1 heterocycles. The predicted octanol–water partition coefficient (Wildman–Crippen LogP) is 5.28. The van der Waals surface area contributed by atoms with Gasteiger partial charge in [0.1, 0.15) is 0 Å². The van der Waals surface area contributed by atoms with Crippen LogP contribution in [0.5, 0.6) is 0 Å². The zero-order valence-corrected chi connectivity index (χ0v) is 13.9. The van der Waals surface area contributed by atoms with Gasteiger partial charge in [-0.2, -0.15) is 0 Å². The van der Waals surface area contributed by atoms with Gasteiger partial charge in [-0.1, -0.05) is 34.1 Å². The van der Waals surface area contributed by atoms with Crippen molar-refractivity contribution in [2.45, 2.75) is 13.0 Å². The van der Waals surface area contributed by atoms with Crippen molar-refractivity contribution in [3.63, 3.8) is 0 Å². The first-order valence-electron chi connectivity index (χ1n) is 6.59. The molecular weight excluding hydrogens is 330 g/mol. The molecule has 0 saturated carbocycles. The first kappa shape index (κ1) is 13.8. The third kappa shape index (κ3) is 2.66. The molecule has 0 radical (unpaired) electrons. The number of benzene rings is 2. The van der Waals surface area contributed by atoms with Crippen molar-refractivity contribution in [2.75, 3.05) is 7.05 Å². The highest BCUT2D eigenvalue weighted by molar-refractivity contribution is 9.10. The van der Waals surface area contributed by atoms with Gasteiger partial charge in [0.2, 0.25) is 0 Å². The number of aryl methyl sites for hydroxylation is 1. The molecular formula is C17H16BrNS. The van der Waals surface area contributed by atoms with Crippen molar-refractivity contribution >= 4 is 38.0 Å². The van der Waals surface area contributed by atoms with Crippen molar-refractivity contribution in [3.8, 4) is 0 Å². The first-order valence-corrected chi connectivity index (χ1v) is 8.26. The third-order valence-electron chi connectivity index (χ3n) is 3.53. The van der Waals surface area contributed by atoms with Crippen LogP contribution >= 0.6 is 27.3 Å². The van der Waals surface area contributed by atoms with Crippen LogP contribution in [0.25, 0.3) is 10.8 Å². The fraction of sp³-hybridized carbons (Fsp3) is 0.176. The van der Waals surface area contributed by atoms with Crippen LogP contribution in [0.3, 0.4) is 0 Å². The van der Waals surface area contributed by atoms with E-state index < -0.39 is 0 Å². The molecule has 102 valence electrons. The van der Waals surface area contributed by atoms with E-state index in [1.165, 1.54) is 26.8 Å². The van der Waals surface area contributed by atoms with E-state index in [1.54, 1.807) is 11.3 Å². The molecule has 1 atom stereocenters. The second-order valence-electron chi connectivity index (χ2n) is 4.96. The summed E-state index contributed by atoms with van der Waals surface area (Å²) in [5.41, 5.74) is 2.64. The summed E-state index contributed by atoms with van der Waals surface area (Å²) in [6, 6.07) is 15.6. The Labute approximate surface area is 131 Å². The molecule has 1 nitrogen and oxygen atoms in total. The van der Waals surface area contributed by atoms with E-state index in [9.17, 15) is 0 Å². The zero-order valence-electron chi connectivity index (χ0n) is 11.5. The summed E-state index contributed by atoms with van der Waals surface area (Å²) < 4.78 is 1.12. The van der Waals surface area contributed by atoms with Crippen molar-refractivity contribution in [2.24, 2.45) is 0 Å². The fourth-order valence-electron chi connectivity index (χ4n) is 2.56. The van der Waals surface area contributed by atoms with E-state index in [2.05, 4.69) is 76.0 Å². The summed E-state index contributed by atoms with van der Waals surface area (Å²) in [6.07, 6.45) is 0. The number of rotatable bonds is 3. The summed E-state index contributed by atoms with van der Waals surface area (Å²) in [5.74, 6) is 0. The maximum absolute atomic E-state index is 3.52. The van der Waals surface area contributed by atoms with Crippen LogP contribution < -0.4 is 5.32 Å². The number of fused-ring (bicyclic) bond motifs is 1. The average Bonchev–Trinajstić information content (AvgIpc) is 2.86. The maximum Gasteiger partial charge on any atom is 0.0582 e. The molecule has 3 rings (SSSR count). The molecule has 0 amide bonds. The number of thiophene rings is 1. The minimum Gasteiger partial charge on any atom is -0.309 e. The van der Waals surface area contributed by atoms with Crippen LogP contribution in [0.2, 0.25) is 0 Å². The summed E-state index contributed by atoms with van der Waals surface area (Å²) in [4.78, 5) is 1.35. The van der Waals surface area contributed by atoms with Gasteiger partial charge >= 0.3 is 0 Å². The van der Waals surface area contributed by atoms with E-state index in [4.69, 9.17) is 0 Å². The SMILES string of the molecule is CNC(c1csc(C)c1)c1ccc2cc(Br)ccc2c1. The van der Waals surface area contributed by atoms with Crippen LogP contribution in [0.1, 0.15) is 22.0 Å². The molecule has 0 spiro atoms. The van der Waals surface area contributed by atoms with Gasteiger partial charge in [0.05, 0.1) is 6.04 Å². The van der Waals surface area contributed by atoms with Gasteiger partial charge < -0.3 is 5.32 Å². The number of nitrogens with one attached hydrogen (secondary N) is 1. The fourth-order valence-corrected chi connectivity index (χ4v) is 3.66. The molecule has 0 bridgehead atoms. The molecule has 0 aliphatic carbocycles. The third-order valence-corrected chi connectivity index (χ3v) is 4.91. The van der Waals surface area contributed by atoms with Gasteiger partial charge in [-0.25, -0.2) is 0 Å². The van der Waals surface area contributed by atoms with E-state index in [1.807, 2.05) is 7.05 Å². The molecule has 0 fully saturated rings. The number of hydrogen-bond donors (Lipinski definition) is 1. The molecule has 3 aromatic rings. The van der Waals surface area contributed by atoms with Gasteiger partial charge in [-0.3, -0.25) is 0 Å². The minimum atomic E-state index is 0.257. The Morgan fingerprint density at radius 3 is 2.45 bits per heavy atom. The lowest BCUT2D eigenvalue weighted by Crippen LogP contribution is -2.16. The topological polar surface area (TPSA) is 12.0 Å². The molecule has 0 aliphatic rings. The summed E-state index contributed by atoms with van der Waals surface area (Å²) in [7, 11) is 2.02. The Morgan fingerprint density at radius 2 is 1.75 bits per heavy atom. The van der Waals surface area contributed by atoms with Crippen molar-refractivity contribution in [3.05, 3.63) is 68.3 Å². The van der Waals surface area contributed by atoms with Crippen molar-refractivity contribution in [1.29, 1.82) is 0 Å². The van der Waals surface area contributed by atoms with E-state index >= 15 is 0 Å². The van der Waals surface area contributed by atoms with E-state index in [0.29, 0.717) is 0 Å². The van der Waals surface area contributed by atoms with Gasteiger partial charge in [-0.05, 0) is 65.5 Å². The molecule has 2 aromatic carbocycles. The number of halogens is 1. The van der Waals surface area contributed by atoms with E-state index in [-0.39, 0.29) is 6.04 Å². The highest BCUT2D eigenvalue weighted by Crippen LogP contribution is 2.29. The quantitative estimate of drug-likeness (QED) is 0.680. The Balaban J connectivity index is 2.05. The minimum absolute atomic E-state index is 0.257. The van der Waals surface area contributed by atoms with Crippen LogP contribution in [0.4, 0.5) is 0 Å². The Kier molecular flexibility index (Phi) is 3.92. The molecule has 1 unspecified atom stereocenters. The second kappa shape index (κ2) is 5.68. The maximum atomic E-state index is 3.52. The molecule has 0 saturated heterocycles. The highest BCUT2D eigenvalue weighted by atomic mass is 79.9. The van der Waals surface area contributed by atoms with Gasteiger partial charge in [0.25, 0.3) is 0 Å². The Hall–Kier alpha value is -1.16. The summed E-state index contributed by atoms with van der Waals surface area (Å²) in [6.45, 7) is 2.15. The van der Waals surface area contributed by atoms with Gasteiger partial charge in [0, 0.05) is 9.35 Å². The largest absolute Gasteiger partial charge is 0.309 e. The molecule has 3 heteroatoms. The Morgan fingerprint density at radius 1 is 1.00 bits per heavy atom. The summed E-state index contributed by atoms with van der Waals surface area (Å²) in [5, 5.41) is 8.20. The van der Waals surface area contributed by atoms with Crippen LogP contribution in [-0.4, -0.2) is 7.05 Å². The molecule has 20 heavy (non-hydrogen) atoms. The average molecular weight is 346 g/mol. The van der Waals surface area contributed by atoms with Crippen LogP contribution in [0, 0.1) is 6.92 Å². The smallest absolute Gasteiger partial charge is 0.0582 e.